The minimum atomic E-state index is -4.68. The molecule has 2 aromatic carbocycles. The fourth-order valence-corrected chi connectivity index (χ4v) is 3.23. The molecule has 1 aromatic heterocycles. The molecule has 1 saturated heterocycles. The first kappa shape index (κ1) is 17.3. The maximum Gasteiger partial charge on any atom is 0.471 e. The maximum atomic E-state index is 12.6. The molecule has 2 heterocycles. The third-order valence-electron chi connectivity index (χ3n) is 4.47. The summed E-state index contributed by atoms with van der Waals surface area (Å²) in [7, 11) is 0. The van der Waals surface area contributed by atoms with E-state index in [2.05, 4.69) is 14.7 Å². The van der Waals surface area contributed by atoms with E-state index in [1.54, 1.807) is 29.2 Å². The first-order chi connectivity index (χ1) is 12.9. The van der Waals surface area contributed by atoms with E-state index in [0.717, 1.165) is 5.56 Å². The van der Waals surface area contributed by atoms with Gasteiger partial charge in [0, 0.05) is 17.7 Å². The van der Waals surface area contributed by atoms with E-state index in [4.69, 9.17) is 0 Å². The van der Waals surface area contributed by atoms with Crippen LogP contribution in [0.4, 0.5) is 18.9 Å². The van der Waals surface area contributed by atoms with Crippen molar-refractivity contribution in [3.63, 3.8) is 0 Å². The van der Waals surface area contributed by atoms with Crippen molar-refractivity contribution in [1.29, 1.82) is 0 Å². The number of hydrogen-bond acceptors (Lipinski definition) is 4. The molecule has 0 aliphatic carbocycles. The zero-order valence-electron chi connectivity index (χ0n) is 14.0. The molecule has 0 bridgehead atoms. The number of nitrogens with zero attached hydrogens (tertiary/aromatic N) is 3. The second-order valence-corrected chi connectivity index (χ2v) is 6.20. The van der Waals surface area contributed by atoms with Crippen molar-refractivity contribution in [2.75, 3.05) is 4.90 Å². The third kappa shape index (κ3) is 3.30. The molecule has 0 spiro atoms. The fraction of sp³-hybridized carbons (Fsp3) is 0.211. The lowest BCUT2D eigenvalue weighted by Crippen LogP contribution is -2.27. The zero-order valence-corrected chi connectivity index (χ0v) is 14.0. The number of rotatable bonds is 3. The molecular formula is C19H14F3N3O2. The van der Waals surface area contributed by atoms with Crippen LogP contribution >= 0.6 is 0 Å². The molecule has 1 aliphatic heterocycles. The van der Waals surface area contributed by atoms with Gasteiger partial charge in [-0.05, 0) is 36.2 Å². The smallest absolute Gasteiger partial charge is 0.329 e. The van der Waals surface area contributed by atoms with E-state index in [9.17, 15) is 18.0 Å². The molecular weight excluding hydrogens is 359 g/mol. The van der Waals surface area contributed by atoms with E-state index in [1.807, 2.05) is 30.3 Å². The SMILES string of the molecule is O=C1CCC(c2ccccc2)N1c1ccc(-c2noc(C(F)(F)F)n2)cc1. The fourth-order valence-electron chi connectivity index (χ4n) is 3.23. The highest BCUT2D eigenvalue weighted by atomic mass is 19.4. The van der Waals surface area contributed by atoms with Gasteiger partial charge < -0.3 is 9.42 Å². The molecule has 1 atom stereocenters. The van der Waals surface area contributed by atoms with Gasteiger partial charge >= 0.3 is 12.1 Å². The lowest BCUT2D eigenvalue weighted by molar-refractivity contribution is -0.159. The summed E-state index contributed by atoms with van der Waals surface area (Å²) < 4.78 is 42.0. The molecule has 1 aliphatic rings. The normalized spacial score (nSPS) is 17.5. The van der Waals surface area contributed by atoms with Gasteiger partial charge in [0.25, 0.3) is 0 Å². The Labute approximate surface area is 152 Å². The number of halogens is 3. The molecule has 0 radical (unpaired) electrons. The molecule has 0 N–H and O–H groups in total. The first-order valence-corrected chi connectivity index (χ1v) is 8.32. The monoisotopic (exact) mass is 373 g/mol. The van der Waals surface area contributed by atoms with Crippen molar-refractivity contribution in [2.45, 2.75) is 25.1 Å². The van der Waals surface area contributed by atoms with Gasteiger partial charge in [-0.2, -0.15) is 18.2 Å². The average Bonchev–Trinajstić information content (AvgIpc) is 3.30. The van der Waals surface area contributed by atoms with Gasteiger partial charge in [-0.15, -0.1) is 0 Å². The first-order valence-electron chi connectivity index (χ1n) is 8.32. The molecule has 27 heavy (non-hydrogen) atoms. The molecule has 3 aromatic rings. The standard InChI is InChI=1S/C19H14F3N3O2/c20-19(21,22)18-23-17(24-27-18)13-6-8-14(9-7-13)25-15(10-11-16(25)26)12-4-2-1-3-5-12/h1-9,15H,10-11H2. The lowest BCUT2D eigenvalue weighted by Gasteiger charge is -2.25. The van der Waals surface area contributed by atoms with Crippen molar-refractivity contribution in [3.05, 3.63) is 66.1 Å². The van der Waals surface area contributed by atoms with Gasteiger partial charge in [0.1, 0.15) is 0 Å². The Morgan fingerprint density at radius 3 is 2.37 bits per heavy atom. The minimum absolute atomic E-state index is 0.00974. The van der Waals surface area contributed by atoms with Crippen LogP contribution in [-0.4, -0.2) is 16.0 Å². The van der Waals surface area contributed by atoms with E-state index < -0.39 is 12.1 Å². The highest BCUT2D eigenvalue weighted by Crippen LogP contribution is 2.37. The summed E-state index contributed by atoms with van der Waals surface area (Å²) in [6, 6.07) is 16.2. The van der Waals surface area contributed by atoms with Gasteiger partial charge in [-0.3, -0.25) is 4.79 Å². The quantitative estimate of drug-likeness (QED) is 0.672. The van der Waals surface area contributed by atoms with Gasteiger partial charge in [0.15, 0.2) is 0 Å². The van der Waals surface area contributed by atoms with Gasteiger partial charge in [-0.25, -0.2) is 0 Å². The van der Waals surface area contributed by atoms with Crippen molar-refractivity contribution in [2.24, 2.45) is 0 Å². The van der Waals surface area contributed by atoms with Crippen molar-refractivity contribution >= 4 is 11.6 Å². The van der Waals surface area contributed by atoms with E-state index in [-0.39, 0.29) is 17.8 Å². The van der Waals surface area contributed by atoms with Crippen LogP contribution in [0.15, 0.2) is 59.1 Å². The number of hydrogen-bond donors (Lipinski definition) is 0. The number of carbonyl (C=O) groups excluding carboxylic acids is 1. The molecule has 138 valence electrons. The Hall–Kier alpha value is -3.16. The molecule has 4 rings (SSSR count). The van der Waals surface area contributed by atoms with Crippen LogP contribution in [0, 0.1) is 0 Å². The Bertz CT molecular complexity index is 952. The summed E-state index contributed by atoms with van der Waals surface area (Å²) in [6.45, 7) is 0. The summed E-state index contributed by atoms with van der Waals surface area (Å²) in [5, 5.41) is 3.37. The van der Waals surface area contributed by atoms with E-state index in [0.29, 0.717) is 24.1 Å². The predicted molar refractivity (Wildman–Crippen MR) is 90.6 cm³/mol. The largest absolute Gasteiger partial charge is 0.471 e. The number of alkyl halides is 3. The van der Waals surface area contributed by atoms with Crippen LogP contribution in [0.25, 0.3) is 11.4 Å². The van der Waals surface area contributed by atoms with Gasteiger partial charge in [-0.1, -0.05) is 35.5 Å². The second kappa shape index (κ2) is 6.53. The number of amides is 1. The predicted octanol–water partition coefficient (Wildman–Crippen LogP) is 4.62. The molecule has 0 saturated carbocycles. The van der Waals surface area contributed by atoms with Crippen LogP contribution in [0.1, 0.15) is 30.3 Å². The highest BCUT2D eigenvalue weighted by Gasteiger charge is 2.38. The van der Waals surface area contributed by atoms with E-state index in [1.165, 1.54) is 0 Å². The second-order valence-electron chi connectivity index (χ2n) is 6.20. The Morgan fingerprint density at radius 2 is 1.74 bits per heavy atom. The zero-order chi connectivity index (χ0) is 19.0. The Kier molecular flexibility index (Phi) is 4.18. The molecule has 8 heteroatoms. The highest BCUT2D eigenvalue weighted by molar-refractivity contribution is 5.96. The minimum Gasteiger partial charge on any atom is -0.329 e. The van der Waals surface area contributed by atoms with Crippen LogP contribution < -0.4 is 4.90 Å². The lowest BCUT2D eigenvalue weighted by atomic mass is 10.0. The number of benzene rings is 2. The van der Waals surface area contributed by atoms with Crippen molar-refractivity contribution < 1.29 is 22.5 Å². The Balaban J connectivity index is 1.61. The number of aromatic nitrogens is 2. The molecule has 5 nitrogen and oxygen atoms in total. The summed E-state index contributed by atoms with van der Waals surface area (Å²) in [6.07, 6.45) is -3.53. The maximum absolute atomic E-state index is 12.6. The molecule has 1 fully saturated rings. The Morgan fingerprint density at radius 1 is 1.04 bits per heavy atom. The van der Waals surface area contributed by atoms with Gasteiger partial charge in [0.2, 0.25) is 11.7 Å². The molecule has 1 amide bonds. The van der Waals surface area contributed by atoms with Gasteiger partial charge in [0.05, 0.1) is 6.04 Å². The van der Waals surface area contributed by atoms with Crippen molar-refractivity contribution in [3.8, 4) is 11.4 Å². The van der Waals surface area contributed by atoms with E-state index >= 15 is 0 Å². The summed E-state index contributed by atoms with van der Waals surface area (Å²) >= 11 is 0. The van der Waals surface area contributed by atoms with Crippen LogP contribution in [0.2, 0.25) is 0 Å². The summed E-state index contributed by atoms with van der Waals surface area (Å²) in [4.78, 5) is 17.5. The number of carbonyl (C=O) groups is 1. The third-order valence-corrected chi connectivity index (χ3v) is 4.47. The van der Waals surface area contributed by atoms with Crippen LogP contribution in [-0.2, 0) is 11.0 Å². The topological polar surface area (TPSA) is 59.2 Å². The number of anilines is 1. The van der Waals surface area contributed by atoms with Crippen molar-refractivity contribution in [1.82, 2.24) is 10.1 Å². The summed E-state index contributed by atoms with van der Waals surface area (Å²) in [5.41, 5.74) is 2.09. The van der Waals surface area contributed by atoms with Crippen LogP contribution in [0.3, 0.4) is 0 Å². The average molecular weight is 373 g/mol. The summed E-state index contributed by atoms with van der Waals surface area (Å²) in [5.74, 6) is -1.53. The molecule has 1 unspecified atom stereocenters. The van der Waals surface area contributed by atoms with Crippen LogP contribution in [0.5, 0.6) is 0 Å².